The molecule has 0 aliphatic heterocycles. The highest BCUT2D eigenvalue weighted by Gasteiger charge is 2.03. The molecule has 2 rings (SSSR count). The minimum atomic E-state index is 0.328. The second-order valence-electron chi connectivity index (χ2n) is 4.74. The van der Waals surface area contributed by atoms with Crippen LogP contribution in [-0.2, 0) is 0 Å². The summed E-state index contributed by atoms with van der Waals surface area (Å²) in [6, 6.07) is 9.78. The molecule has 19 heavy (non-hydrogen) atoms. The van der Waals surface area contributed by atoms with Crippen molar-refractivity contribution in [2.45, 2.75) is 26.8 Å². The van der Waals surface area contributed by atoms with Gasteiger partial charge < -0.3 is 16.4 Å². The van der Waals surface area contributed by atoms with Gasteiger partial charge in [0, 0.05) is 23.5 Å². The number of benzene rings is 1. The molecule has 0 spiro atoms. The number of nitrogens with two attached hydrogens (primary N) is 1. The molecule has 0 aliphatic rings. The van der Waals surface area contributed by atoms with Crippen LogP contribution >= 0.6 is 0 Å². The summed E-state index contributed by atoms with van der Waals surface area (Å²) in [4.78, 5) is 8.71. The van der Waals surface area contributed by atoms with Gasteiger partial charge in [-0.3, -0.25) is 0 Å². The summed E-state index contributed by atoms with van der Waals surface area (Å²) in [7, 11) is 0. The van der Waals surface area contributed by atoms with Gasteiger partial charge in [-0.25, -0.2) is 9.97 Å². The lowest BCUT2D eigenvalue weighted by molar-refractivity contribution is 0.881. The molecule has 100 valence electrons. The van der Waals surface area contributed by atoms with Crippen molar-refractivity contribution in [1.82, 2.24) is 9.97 Å². The van der Waals surface area contributed by atoms with E-state index < -0.39 is 0 Å². The number of anilines is 4. The zero-order valence-corrected chi connectivity index (χ0v) is 11.4. The van der Waals surface area contributed by atoms with Gasteiger partial charge in [-0.05, 0) is 39.0 Å². The van der Waals surface area contributed by atoms with E-state index in [2.05, 4.69) is 34.4 Å². The highest BCUT2D eigenvalue weighted by Crippen LogP contribution is 2.19. The molecule has 0 fully saturated rings. The van der Waals surface area contributed by atoms with E-state index in [1.807, 2.05) is 37.3 Å². The lowest BCUT2D eigenvalue weighted by atomic mass is 10.3. The minimum absolute atomic E-state index is 0.328. The first-order valence-electron chi connectivity index (χ1n) is 6.28. The molecule has 0 saturated carbocycles. The molecule has 5 heteroatoms. The first-order valence-corrected chi connectivity index (χ1v) is 6.28. The third-order valence-corrected chi connectivity index (χ3v) is 2.43. The number of nitrogen functional groups attached to an aromatic ring is 1. The van der Waals surface area contributed by atoms with Crippen molar-refractivity contribution in [2.24, 2.45) is 0 Å². The fraction of sp³-hybridized carbons (Fsp3) is 0.286. The Labute approximate surface area is 113 Å². The molecule has 0 atom stereocenters. The monoisotopic (exact) mass is 257 g/mol. The van der Waals surface area contributed by atoms with Crippen molar-refractivity contribution in [3.63, 3.8) is 0 Å². The Balaban J connectivity index is 2.22. The van der Waals surface area contributed by atoms with Gasteiger partial charge in [-0.1, -0.05) is 6.07 Å². The topological polar surface area (TPSA) is 75.9 Å². The van der Waals surface area contributed by atoms with Crippen LogP contribution in [0.1, 0.15) is 19.7 Å². The Morgan fingerprint density at radius 1 is 1.11 bits per heavy atom. The molecule has 2 aromatic rings. The summed E-state index contributed by atoms with van der Waals surface area (Å²) in [5.41, 5.74) is 7.38. The quantitative estimate of drug-likeness (QED) is 0.734. The SMILES string of the molecule is Cc1nc(Nc2cccc(N)c2)cc(NC(C)C)n1. The zero-order valence-electron chi connectivity index (χ0n) is 11.4. The Morgan fingerprint density at radius 3 is 2.53 bits per heavy atom. The largest absolute Gasteiger partial charge is 0.399 e. The summed E-state index contributed by atoms with van der Waals surface area (Å²) >= 11 is 0. The lowest BCUT2D eigenvalue weighted by Crippen LogP contribution is -2.12. The third-order valence-electron chi connectivity index (χ3n) is 2.43. The van der Waals surface area contributed by atoms with Gasteiger partial charge in [0.15, 0.2) is 0 Å². The maximum absolute atomic E-state index is 5.75. The van der Waals surface area contributed by atoms with Crippen LogP contribution in [0.3, 0.4) is 0 Å². The molecule has 4 N–H and O–H groups in total. The molecule has 0 saturated heterocycles. The van der Waals surface area contributed by atoms with Crippen LogP contribution in [0.15, 0.2) is 30.3 Å². The standard InChI is InChI=1S/C14H19N5/c1-9(2)16-13-8-14(18-10(3)17-13)19-12-6-4-5-11(15)7-12/h4-9H,15H2,1-3H3,(H2,16,17,18,19). The van der Waals surface area contributed by atoms with Crippen molar-refractivity contribution in [2.75, 3.05) is 16.4 Å². The maximum atomic E-state index is 5.75. The van der Waals surface area contributed by atoms with E-state index in [4.69, 9.17) is 5.73 Å². The van der Waals surface area contributed by atoms with Gasteiger partial charge in [-0.2, -0.15) is 0 Å². The molecule has 1 aromatic heterocycles. The average Bonchev–Trinajstić information content (AvgIpc) is 2.26. The molecular formula is C14H19N5. The smallest absolute Gasteiger partial charge is 0.136 e. The van der Waals surface area contributed by atoms with E-state index in [-0.39, 0.29) is 0 Å². The predicted octanol–water partition coefficient (Wildman–Crippen LogP) is 2.93. The van der Waals surface area contributed by atoms with Crippen molar-refractivity contribution < 1.29 is 0 Å². The first-order chi connectivity index (χ1) is 9.02. The summed E-state index contributed by atoms with van der Waals surface area (Å²) in [6.45, 7) is 6.01. The van der Waals surface area contributed by atoms with E-state index in [0.29, 0.717) is 6.04 Å². The number of nitrogens with one attached hydrogen (secondary N) is 2. The average molecular weight is 257 g/mol. The fourth-order valence-electron chi connectivity index (χ4n) is 1.77. The highest BCUT2D eigenvalue weighted by molar-refractivity contribution is 5.63. The minimum Gasteiger partial charge on any atom is -0.399 e. The number of aromatic nitrogens is 2. The Hall–Kier alpha value is -2.30. The van der Waals surface area contributed by atoms with Crippen LogP contribution in [0.25, 0.3) is 0 Å². The molecule has 1 aromatic carbocycles. The summed E-state index contributed by atoms with van der Waals surface area (Å²) in [5.74, 6) is 2.28. The van der Waals surface area contributed by atoms with Crippen molar-refractivity contribution in [3.8, 4) is 0 Å². The molecule has 1 heterocycles. The first kappa shape index (κ1) is 13.1. The molecule has 0 radical (unpaired) electrons. The zero-order chi connectivity index (χ0) is 13.8. The number of rotatable bonds is 4. The predicted molar refractivity (Wildman–Crippen MR) is 79.7 cm³/mol. The molecule has 0 aliphatic carbocycles. The van der Waals surface area contributed by atoms with E-state index in [1.165, 1.54) is 0 Å². The van der Waals surface area contributed by atoms with E-state index in [1.54, 1.807) is 0 Å². The third kappa shape index (κ3) is 3.84. The van der Waals surface area contributed by atoms with Gasteiger partial charge in [0.2, 0.25) is 0 Å². The summed E-state index contributed by atoms with van der Waals surface area (Å²) < 4.78 is 0. The van der Waals surface area contributed by atoms with E-state index in [0.717, 1.165) is 28.8 Å². The van der Waals surface area contributed by atoms with Crippen molar-refractivity contribution >= 4 is 23.0 Å². The van der Waals surface area contributed by atoms with Gasteiger partial charge >= 0.3 is 0 Å². The summed E-state index contributed by atoms with van der Waals surface area (Å²) in [6.07, 6.45) is 0. The van der Waals surface area contributed by atoms with Crippen LogP contribution in [0.5, 0.6) is 0 Å². The van der Waals surface area contributed by atoms with Crippen LogP contribution in [0, 0.1) is 6.92 Å². The molecule has 0 bridgehead atoms. The Bertz CT molecular complexity index is 566. The van der Waals surface area contributed by atoms with Gasteiger partial charge in [-0.15, -0.1) is 0 Å². The molecular weight excluding hydrogens is 238 g/mol. The van der Waals surface area contributed by atoms with Crippen LogP contribution in [0.4, 0.5) is 23.0 Å². The van der Waals surface area contributed by atoms with Gasteiger partial charge in [0.05, 0.1) is 0 Å². The Kier molecular flexibility index (Phi) is 3.85. The molecule has 5 nitrogen and oxygen atoms in total. The van der Waals surface area contributed by atoms with Crippen LogP contribution < -0.4 is 16.4 Å². The van der Waals surface area contributed by atoms with E-state index >= 15 is 0 Å². The maximum Gasteiger partial charge on any atom is 0.136 e. The normalized spacial score (nSPS) is 10.5. The number of aryl methyl sites for hydroxylation is 1. The second kappa shape index (κ2) is 5.56. The fourth-order valence-corrected chi connectivity index (χ4v) is 1.77. The highest BCUT2D eigenvalue weighted by atomic mass is 15.1. The van der Waals surface area contributed by atoms with Crippen molar-refractivity contribution in [1.29, 1.82) is 0 Å². The number of hydrogen-bond donors (Lipinski definition) is 3. The second-order valence-corrected chi connectivity index (χ2v) is 4.74. The van der Waals surface area contributed by atoms with Crippen molar-refractivity contribution in [3.05, 3.63) is 36.2 Å². The van der Waals surface area contributed by atoms with Gasteiger partial charge in [0.25, 0.3) is 0 Å². The van der Waals surface area contributed by atoms with Crippen LogP contribution in [-0.4, -0.2) is 16.0 Å². The Morgan fingerprint density at radius 2 is 1.84 bits per heavy atom. The number of nitrogens with zero attached hydrogens (tertiary/aromatic N) is 2. The number of hydrogen-bond acceptors (Lipinski definition) is 5. The molecule has 0 unspecified atom stereocenters. The molecule has 0 amide bonds. The van der Waals surface area contributed by atoms with Crippen LogP contribution in [0.2, 0.25) is 0 Å². The van der Waals surface area contributed by atoms with Gasteiger partial charge in [0.1, 0.15) is 17.5 Å². The van der Waals surface area contributed by atoms with E-state index in [9.17, 15) is 0 Å². The summed E-state index contributed by atoms with van der Waals surface area (Å²) in [5, 5.41) is 6.50. The lowest BCUT2D eigenvalue weighted by Gasteiger charge is -2.12.